The van der Waals surface area contributed by atoms with E-state index in [-0.39, 0.29) is 18.4 Å². The number of nitrogens with zero attached hydrogens (tertiary/aromatic N) is 2. The van der Waals surface area contributed by atoms with Crippen LogP contribution in [0.3, 0.4) is 0 Å². The van der Waals surface area contributed by atoms with Gasteiger partial charge in [-0.05, 0) is 29.8 Å². The highest BCUT2D eigenvalue weighted by atomic mass is 79.9. The van der Waals surface area contributed by atoms with Crippen molar-refractivity contribution in [1.82, 2.24) is 0 Å². The largest absolute Gasteiger partial charge is 0.369 e. The minimum atomic E-state index is -0.0454. The van der Waals surface area contributed by atoms with Gasteiger partial charge in [0, 0.05) is 14.2 Å². The smallest absolute Gasteiger partial charge is 0.211 e. The lowest BCUT2D eigenvalue weighted by molar-refractivity contribution is 1.22. The number of hydrogen-bond acceptors (Lipinski definition) is 3. The summed E-state index contributed by atoms with van der Waals surface area (Å²) in [6.45, 7) is 0. The van der Waals surface area contributed by atoms with Gasteiger partial charge in [-0.3, -0.25) is 0 Å². The first-order valence-corrected chi connectivity index (χ1v) is 6.74. The van der Waals surface area contributed by atoms with E-state index in [4.69, 9.17) is 11.5 Å². The standard InChI is InChI=1S/C12H11BrN4S.ClH/c13-9-3-1-8(2-4-9)11-6-5-10(18-11)7-16-17-12(14)15;/h1-7H,(H4,14,15,17);1H/b16-7+;. The molecule has 0 bridgehead atoms. The fourth-order valence-corrected chi connectivity index (χ4v) is 2.49. The Morgan fingerprint density at radius 2 is 1.79 bits per heavy atom. The van der Waals surface area contributed by atoms with Crippen LogP contribution in [-0.2, 0) is 0 Å². The minimum absolute atomic E-state index is 0. The highest BCUT2D eigenvalue weighted by molar-refractivity contribution is 9.10. The SMILES string of the molecule is Cl.NC(N)=N/N=C/c1ccc(-c2ccc(Br)cc2)s1. The zero-order valence-corrected chi connectivity index (χ0v) is 13.0. The third-order valence-electron chi connectivity index (χ3n) is 2.11. The van der Waals surface area contributed by atoms with Crippen molar-refractivity contribution in [3.8, 4) is 10.4 Å². The maximum absolute atomic E-state index is 5.18. The van der Waals surface area contributed by atoms with Crippen molar-refractivity contribution in [2.24, 2.45) is 21.7 Å². The van der Waals surface area contributed by atoms with Crippen LogP contribution in [0.15, 0.2) is 51.1 Å². The maximum atomic E-state index is 5.18. The van der Waals surface area contributed by atoms with Crippen molar-refractivity contribution >= 4 is 51.8 Å². The van der Waals surface area contributed by atoms with E-state index >= 15 is 0 Å². The lowest BCUT2D eigenvalue weighted by Crippen LogP contribution is -2.21. The molecule has 0 amide bonds. The molecule has 4 nitrogen and oxygen atoms in total. The molecule has 0 fully saturated rings. The molecule has 0 aliphatic heterocycles. The highest BCUT2D eigenvalue weighted by Crippen LogP contribution is 2.28. The Kier molecular flexibility index (Phi) is 6.01. The molecule has 2 aromatic rings. The summed E-state index contributed by atoms with van der Waals surface area (Å²) in [4.78, 5) is 2.17. The van der Waals surface area contributed by atoms with Crippen LogP contribution in [0, 0.1) is 0 Å². The molecular weight excluding hydrogens is 348 g/mol. The number of benzene rings is 1. The molecule has 1 aromatic carbocycles. The third-order valence-corrected chi connectivity index (χ3v) is 3.71. The molecule has 0 saturated carbocycles. The summed E-state index contributed by atoms with van der Waals surface area (Å²) >= 11 is 5.04. The second-order valence-corrected chi connectivity index (χ2v) is 5.51. The normalized spacial score (nSPS) is 10.2. The van der Waals surface area contributed by atoms with Crippen LogP contribution in [-0.4, -0.2) is 12.2 Å². The number of rotatable bonds is 3. The van der Waals surface area contributed by atoms with Gasteiger partial charge in [0.25, 0.3) is 0 Å². The molecule has 0 atom stereocenters. The zero-order chi connectivity index (χ0) is 13.0. The summed E-state index contributed by atoms with van der Waals surface area (Å²) in [6, 6.07) is 12.2. The number of guanidine groups is 1. The van der Waals surface area contributed by atoms with Crippen molar-refractivity contribution in [3.05, 3.63) is 45.7 Å². The first-order chi connectivity index (χ1) is 8.65. The van der Waals surface area contributed by atoms with Crippen molar-refractivity contribution in [2.75, 3.05) is 0 Å². The van der Waals surface area contributed by atoms with E-state index in [1.165, 1.54) is 10.4 Å². The lowest BCUT2D eigenvalue weighted by Gasteiger charge is -1.96. The number of hydrogen-bond donors (Lipinski definition) is 2. The molecule has 7 heteroatoms. The first kappa shape index (κ1) is 15.7. The van der Waals surface area contributed by atoms with Crippen molar-refractivity contribution in [1.29, 1.82) is 0 Å². The van der Waals surface area contributed by atoms with Crippen LogP contribution in [0.1, 0.15) is 4.88 Å². The quantitative estimate of drug-likeness (QED) is 0.501. The highest BCUT2D eigenvalue weighted by Gasteiger charge is 2.01. The van der Waals surface area contributed by atoms with E-state index < -0.39 is 0 Å². The van der Waals surface area contributed by atoms with Gasteiger partial charge in [0.15, 0.2) is 0 Å². The van der Waals surface area contributed by atoms with Crippen molar-refractivity contribution in [3.63, 3.8) is 0 Å². The minimum Gasteiger partial charge on any atom is -0.369 e. The van der Waals surface area contributed by atoms with E-state index in [1.807, 2.05) is 24.3 Å². The summed E-state index contributed by atoms with van der Waals surface area (Å²) in [6.07, 6.45) is 1.63. The molecule has 0 radical (unpaired) electrons. The van der Waals surface area contributed by atoms with E-state index in [1.54, 1.807) is 17.6 Å². The topological polar surface area (TPSA) is 76.8 Å². The Balaban J connectivity index is 0.00000180. The van der Waals surface area contributed by atoms with Crippen LogP contribution in [0.5, 0.6) is 0 Å². The molecule has 19 heavy (non-hydrogen) atoms. The fourth-order valence-electron chi connectivity index (χ4n) is 1.34. The monoisotopic (exact) mass is 358 g/mol. The van der Waals surface area contributed by atoms with Gasteiger partial charge in [0.05, 0.1) is 6.21 Å². The molecule has 1 heterocycles. The Bertz CT molecular complexity index is 588. The molecule has 0 saturated heterocycles. The van der Waals surface area contributed by atoms with Gasteiger partial charge >= 0.3 is 0 Å². The summed E-state index contributed by atoms with van der Waals surface area (Å²) in [5, 5.41) is 7.33. The van der Waals surface area contributed by atoms with E-state index in [2.05, 4.69) is 38.3 Å². The van der Waals surface area contributed by atoms with Crippen molar-refractivity contribution in [2.45, 2.75) is 0 Å². The number of thiophene rings is 1. The fraction of sp³-hybridized carbons (Fsp3) is 0. The molecular formula is C12H12BrClN4S. The summed E-state index contributed by atoms with van der Waals surface area (Å²) in [5.41, 5.74) is 11.5. The predicted octanol–water partition coefficient (Wildman–Crippen LogP) is 3.21. The van der Waals surface area contributed by atoms with E-state index in [0.29, 0.717) is 0 Å². The van der Waals surface area contributed by atoms with Crippen LogP contribution in [0.2, 0.25) is 0 Å². The molecule has 1 aromatic heterocycles. The van der Waals surface area contributed by atoms with Gasteiger partial charge in [0.1, 0.15) is 0 Å². The molecule has 100 valence electrons. The van der Waals surface area contributed by atoms with Gasteiger partial charge in [-0.15, -0.1) is 28.8 Å². The second-order valence-electron chi connectivity index (χ2n) is 3.48. The molecule has 0 spiro atoms. The van der Waals surface area contributed by atoms with E-state index in [0.717, 1.165) is 9.35 Å². The van der Waals surface area contributed by atoms with Crippen LogP contribution >= 0.6 is 39.7 Å². The van der Waals surface area contributed by atoms with Gasteiger partial charge < -0.3 is 11.5 Å². The molecule has 2 rings (SSSR count). The summed E-state index contributed by atoms with van der Waals surface area (Å²) in [7, 11) is 0. The number of nitrogens with two attached hydrogens (primary N) is 2. The Morgan fingerprint density at radius 3 is 2.42 bits per heavy atom. The number of halogens is 2. The van der Waals surface area contributed by atoms with Crippen molar-refractivity contribution < 1.29 is 0 Å². The lowest BCUT2D eigenvalue weighted by atomic mass is 10.2. The predicted molar refractivity (Wildman–Crippen MR) is 88.1 cm³/mol. The Labute approximate surface area is 129 Å². The van der Waals surface area contributed by atoms with Crippen LogP contribution in [0.25, 0.3) is 10.4 Å². The van der Waals surface area contributed by atoms with Gasteiger partial charge in [-0.25, -0.2) is 0 Å². The molecule has 0 unspecified atom stereocenters. The van der Waals surface area contributed by atoms with E-state index in [9.17, 15) is 0 Å². The van der Waals surface area contributed by atoms with Crippen LogP contribution < -0.4 is 11.5 Å². The zero-order valence-electron chi connectivity index (χ0n) is 9.79. The average molecular weight is 360 g/mol. The molecule has 0 aliphatic rings. The van der Waals surface area contributed by atoms with Crippen LogP contribution in [0.4, 0.5) is 0 Å². The van der Waals surface area contributed by atoms with Gasteiger partial charge in [0.2, 0.25) is 5.96 Å². The van der Waals surface area contributed by atoms with Gasteiger partial charge in [-0.1, -0.05) is 28.1 Å². The first-order valence-electron chi connectivity index (χ1n) is 5.13. The Morgan fingerprint density at radius 1 is 1.11 bits per heavy atom. The third kappa shape index (κ3) is 4.66. The average Bonchev–Trinajstić information content (AvgIpc) is 2.78. The molecule has 4 N–H and O–H groups in total. The summed E-state index contributed by atoms with van der Waals surface area (Å²) in [5.74, 6) is -0.0454. The Hall–Kier alpha value is -1.37. The second kappa shape index (κ2) is 7.28. The summed E-state index contributed by atoms with van der Waals surface area (Å²) < 4.78 is 1.07. The van der Waals surface area contributed by atoms with Gasteiger partial charge in [-0.2, -0.15) is 5.10 Å². The maximum Gasteiger partial charge on any atom is 0.211 e. The molecule has 0 aliphatic carbocycles.